The van der Waals surface area contributed by atoms with Gasteiger partial charge >= 0.3 is 0 Å². The third-order valence-electron chi connectivity index (χ3n) is 22.4. The fraction of sp³-hybridized carbons (Fsp3) is 0.231. The number of halogens is 12. The summed E-state index contributed by atoms with van der Waals surface area (Å²) in [5, 5.41) is 2.61. The van der Waals surface area contributed by atoms with E-state index in [1.807, 2.05) is 103 Å². The first-order valence-corrected chi connectivity index (χ1v) is 42.2. The molecule has 0 amide bonds. The van der Waals surface area contributed by atoms with E-state index in [0.717, 1.165) is 109 Å². The summed E-state index contributed by atoms with van der Waals surface area (Å²) in [7, 11) is 6.43. The molecule has 3 saturated carbocycles. The van der Waals surface area contributed by atoms with Crippen molar-refractivity contribution in [2.45, 2.75) is 114 Å². The summed E-state index contributed by atoms with van der Waals surface area (Å²) in [6, 6.07) is 47.2. The van der Waals surface area contributed by atoms with Gasteiger partial charge in [0.05, 0.1) is 106 Å². The molecule has 9 nitrogen and oxygen atoms in total. The highest BCUT2D eigenvalue weighted by atomic mass is 35.5. The Morgan fingerprint density at radius 1 is 0.321 bits per heavy atom. The summed E-state index contributed by atoms with van der Waals surface area (Å²) in [5.41, 5.74) is 10.5. The van der Waals surface area contributed by atoms with Crippen LogP contribution in [-0.2, 0) is 0 Å². The number of benzene rings is 9. The molecule has 3 fully saturated rings. The number of quaternary nitrogens is 1. The molecule has 2 aliphatic heterocycles. The fourth-order valence-corrected chi connectivity index (χ4v) is 20.3. The predicted molar refractivity (Wildman–Crippen MR) is 473 cm³/mol. The first-order chi connectivity index (χ1) is 54.2. The number of aromatic nitrogens is 4. The number of aromatic amines is 2. The lowest BCUT2D eigenvalue weighted by molar-refractivity contribution is 0.419. The van der Waals surface area contributed by atoms with Crippen molar-refractivity contribution in [2.24, 2.45) is 0 Å². The normalized spacial score (nSPS) is 15.1. The first-order valence-electron chi connectivity index (χ1n) is 37.7. The standard InChI is InChI=1S/C91H72Cl12N5O4/c1-108(2,3)52-39-35-47(36-40-52)21-13-14-22-48-37-41-53(42-38-48)109-88-80(96)72-61-45-62-73-70(78(94)86(102)89(81(73)97)110-65-32-18-15-29-54(65)49-23-7-4-8-24-49)59(105-62)44-60-71-75(83(99)91(87(103)79(71)95)112-67-34-20-17-31-56(67)51-27-11-6-12-28-51)64(107-60)46-63-74-69(58(106-63)43-57(104-61)68(72)76(92)84(88)100)77(93)85(101)90(82(74)98)111-66-33-19-16-30-55(66)50-25-9-5-10-26-50/h13-22,29-46,49-51,105-106H,4-12,23-28H2,1-3H3/q+1/b21-13+,22-14+,57-43?,58-43?,59-44?,60-44?,61-45?,62-45?,63-46?,64-46?. The molecule has 9 aromatic carbocycles. The third-order valence-corrected chi connectivity index (χ3v) is 27.1. The van der Waals surface area contributed by atoms with Gasteiger partial charge in [-0.1, -0.05) is 288 Å². The maximum Gasteiger partial charge on any atom is 0.166 e. The van der Waals surface area contributed by atoms with Crippen molar-refractivity contribution in [3.63, 3.8) is 0 Å². The molecule has 3 aliphatic carbocycles. The molecule has 112 heavy (non-hydrogen) atoms. The molecule has 0 unspecified atom stereocenters. The second-order valence-electron chi connectivity index (χ2n) is 30.2. The lowest BCUT2D eigenvalue weighted by Gasteiger charge is -2.24. The summed E-state index contributed by atoms with van der Waals surface area (Å²) in [6.45, 7) is 0. The molecule has 3 aromatic heterocycles. The minimum Gasteiger partial charge on any atom is -0.454 e. The Bertz CT molecular complexity index is 6030. The Labute approximate surface area is 709 Å². The van der Waals surface area contributed by atoms with E-state index >= 15 is 0 Å². The molecule has 17 rings (SSSR count). The van der Waals surface area contributed by atoms with Gasteiger partial charge in [-0.3, -0.25) is 4.48 Å². The molecule has 21 heteroatoms. The first kappa shape index (κ1) is 77.3. The van der Waals surface area contributed by atoms with Gasteiger partial charge < -0.3 is 28.9 Å². The molecule has 0 spiro atoms. The fourth-order valence-electron chi connectivity index (χ4n) is 16.7. The maximum absolute atomic E-state index is 7.94. The monoisotopic (exact) mass is 1720 g/mol. The molecule has 8 bridgehead atoms. The molecule has 0 radical (unpaired) electrons. The van der Waals surface area contributed by atoms with E-state index < -0.39 is 0 Å². The van der Waals surface area contributed by atoms with E-state index in [4.69, 9.17) is 168 Å². The van der Waals surface area contributed by atoms with Crippen molar-refractivity contribution in [1.29, 1.82) is 0 Å². The number of hydrogen-bond donors (Lipinski definition) is 2. The molecule has 2 N–H and O–H groups in total. The largest absolute Gasteiger partial charge is 0.454 e. The zero-order valence-electron chi connectivity index (χ0n) is 61.0. The molecular weight excluding hydrogens is 1650 g/mol. The van der Waals surface area contributed by atoms with Crippen molar-refractivity contribution in [1.82, 2.24) is 24.4 Å². The smallest absolute Gasteiger partial charge is 0.166 e. The van der Waals surface area contributed by atoms with Gasteiger partial charge in [-0.05, 0) is 163 Å². The van der Waals surface area contributed by atoms with Crippen LogP contribution in [-0.4, -0.2) is 41.1 Å². The zero-order valence-corrected chi connectivity index (χ0v) is 70.1. The Morgan fingerprint density at radius 2 is 0.616 bits per heavy atom. The summed E-state index contributed by atoms with van der Waals surface area (Å²) in [6.07, 6.45) is 24.2. The molecule has 568 valence electrons. The van der Waals surface area contributed by atoms with E-state index in [0.29, 0.717) is 100 Å². The van der Waals surface area contributed by atoms with Gasteiger partial charge in [0.1, 0.15) is 48.8 Å². The van der Waals surface area contributed by atoms with E-state index in [1.54, 1.807) is 18.2 Å². The van der Waals surface area contributed by atoms with Crippen LogP contribution in [0.25, 0.3) is 101 Å². The number of fused-ring (bicyclic) bond motifs is 20. The molecular formula is C91H72Cl12N5O4+. The van der Waals surface area contributed by atoms with Gasteiger partial charge in [0.15, 0.2) is 23.0 Å². The van der Waals surface area contributed by atoms with Gasteiger partial charge in [-0.25, -0.2) is 9.97 Å². The van der Waals surface area contributed by atoms with Gasteiger partial charge in [0.2, 0.25) is 0 Å². The SMILES string of the molecule is C[N+](C)(C)c1ccc(/C=C/C=C/c2ccc(Oc3c(Cl)c(Cl)c4c(c3Cl)-c3cc5[nH]c(cc6nc(cc7[nH]c(cc-4n3)c3c(Cl)c(Cl)c(Oc4ccccc4C4CCCCC4)c(Cl)c73)-c3c(Cl)c(Oc4ccccc4C4CCCCC4)c(Cl)c(Cl)c3-6)c3c(Cl)c(Cl)c(Oc4ccccc4C4CCCCC4)c(Cl)c53)cc2)cc1. The number of allylic oxidation sites excluding steroid dienone is 2. The van der Waals surface area contributed by atoms with Crippen molar-refractivity contribution in [3.05, 3.63) is 246 Å². The van der Waals surface area contributed by atoms with Crippen LogP contribution in [0.4, 0.5) is 5.69 Å². The highest BCUT2D eigenvalue weighted by Gasteiger charge is 2.36. The molecule has 12 aromatic rings. The number of para-hydroxylation sites is 3. The summed E-state index contributed by atoms with van der Waals surface area (Å²) < 4.78 is 28.5. The van der Waals surface area contributed by atoms with Crippen molar-refractivity contribution in [3.8, 4) is 91.0 Å². The Balaban J connectivity index is 0.907. The second kappa shape index (κ2) is 32.1. The van der Waals surface area contributed by atoms with Gasteiger partial charge in [0.25, 0.3) is 0 Å². The number of ether oxygens (including phenoxy) is 4. The Kier molecular flexibility index (Phi) is 22.2. The third kappa shape index (κ3) is 14.5. The predicted octanol–water partition coefficient (Wildman–Crippen LogP) is 33.4. The highest BCUT2D eigenvalue weighted by Crippen LogP contribution is 2.60. The topological polar surface area (TPSA) is 94.3 Å². The van der Waals surface area contributed by atoms with Crippen LogP contribution in [0.5, 0.6) is 46.0 Å². The molecule has 5 heterocycles. The van der Waals surface area contributed by atoms with Crippen molar-refractivity contribution < 1.29 is 18.9 Å². The Hall–Kier alpha value is -7.26. The number of nitrogens with one attached hydrogen (secondary N) is 2. The lowest BCUT2D eigenvalue weighted by Crippen LogP contribution is -2.34. The van der Waals surface area contributed by atoms with E-state index in [-0.39, 0.29) is 112 Å². The average molecular weight is 1730 g/mol. The van der Waals surface area contributed by atoms with Crippen LogP contribution in [0.3, 0.4) is 0 Å². The molecule has 0 atom stereocenters. The number of rotatable bonds is 15. The number of nitrogens with zero attached hydrogens (tertiary/aromatic N) is 3. The lowest BCUT2D eigenvalue weighted by atomic mass is 9.84. The van der Waals surface area contributed by atoms with E-state index in [1.165, 1.54) is 24.9 Å². The average Bonchev–Trinajstić information content (AvgIpc) is 1.56. The van der Waals surface area contributed by atoms with Crippen LogP contribution in [0.1, 0.15) is 142 Å². The second-order valence-corrected chi connectivity index (χ2v) is 34.8. The summed E-state index contributed by atoms with van der Waals surface area (Å²) in [5.74, 6) is 3.46. The van der Waals surface area contributed by atoms with Crippen LogP contribution in [0.15, 0.2) is 158 Å². The van der Waals surface area contributed by atoms with Crippen LogP contribution >= 0.6 is 139 Å². The van der Waals surface area contributed by atoms with Crippen LogP contribution < -0.4 is 23.4 Å². The van der Waals surface area contributed by atoms with E-state index in [9.17, 15) is 0 Å². The molecule has 0 saturated heterocycles. The molecule has 5 aliphatic rings. The van der Waals surface area contributed by atoms with Crippen molar-refractivity contribution in [2.75, 3.05) is 21.1 Å². The van der Waals surface area contributed by atoms with Gasteiger partial charge in [0, 0.05) is 43.8 Å². The zero-order chi connectivity index (χ0) is 77.5. The maximum atomic E-state index is 7.94. The number of hydrogen-bond acceptors (Lipinski definition) is 6. The summed E-state index contributed by atoms with van der Waals surface area (Å²) in [4.78, 5) is 18.3. The highest BCUT2D eigenvalue weighted by molar-refractivity contribution is 6.54. The quantitative estimate of drug-likeness (QED) is 0.0603. The minimum absolute atomic E-state index is 0.00945. The van der Waals surface area contributed by atoms with E-state index in [2.05, 4.69) is 79.7 Å². The summed E-state index contributed by atoms with van der Waals surface area (Å²) >= 11 is 93.0. The van der Waals surface area contributed by atoms with Gasteiger partial charge in [-0.2, -0.15) is 0 Å². The number of H-pyrrole nitrogens is 2. The Morgan fingerprint density at radius 3 is 0.964 bits per heavy atom. The van der Waals surface area contributed by atoms with Crippen LogP contribution in [0, 0.1) is 0 Å². The minimum atomic E-state index is 0.00945. The van der Waals surface area contributed by atoms with Crippen molar-refractivity contribution >= 4 is 201 Å². The van der Waals surface area contributed by atoms with Gasteiger partial charge in [-0.15, -0.1) is 0 Å². The van der Waals surface area contributed by atoms with Crippen LogP contribution in [0.2, 0.25) is 60.3 Å².